The molecule has 0 aliphatic heterocycles. The summed E-state index contributed by atoms with van der Waals surface area (Å²) in [7, 11) is 0. The molecule has 1 N–H and O–H groups in total. The summed E-state index contributed by atoms with van der Waals surface area (Å²) in [6, 6.07) is 5.27. The molecule has 0 radical (unpaired) electrons. The van der Waals surface area contributed by atoms with Crippen molar-refractivity contribution in [1.29, 1.82) is 0 Å². The molecule has 1 unspecified atom stereocenters. The van der Waals surface area contributed by atoms with Gasteiger partial charge in [-0.2, -0.15) is 0 Å². The first-order chi connectivity index (χ1) is 8.06. The number of carbonyl (C=O) groups is 1. The molecule has 1 atom stereocenters. The van der Waals surface area contributed by atoms with Crippen LogP contribution in [0.2, 0.25) is 0 Å². The number of nitro benzene ring substituents is 1. The van der Waals surface area contributed by atoms with E-state index in [2.05, 4.69) is 0 Å². The van der Waals surface area contributed by atoms with Gasteiger partial charge in [-0.05, 0) is 18.6 Å². The van der Waals surface area contributed by atoms with Crippen molar-refractivity contribution in [3.8, 4) is 0 Å². The minimum absolute atomic E-state index is 0.0652. The van der Waals surface area contributed by atoms with Crippen molar-refractivity contribution in [2.24, 2.45) is 0 Å². The standard InChI is InChI=1S/C12H15NO4/c1-2-3-4-11(14)12(15)9-5-7-10(8-6-9)13(16)17/h5-8,11,14H,2-4H2,1H3. The van der Waals surface area contributed by atoms with Crippen LogP contribution in [-0.4, -0.2) is 21.9 Å². The van der Waals surface area contributed by atoms with Crippen LogP contribution in [0.4, 0.5) is 5.69 Å². The zero-order valence-electron chi connectivity index (χ0n) is 9.63. The van der Waals surface area contributed by atoms with E-state index in [9.17, 15) is 20.0 Å². The Balaban J connectivity index is 2.72. The topological polar surface area (TPSA) is 80.4 Å². The number of unbranched alkanes of at least 4 members (excludes halogenated alkanes) is 1. The number of nitrogens with zero attached hydrogens (tertiary/aromatic N) is 1. The highest BCUT2D eigenvalue weighted by Gasteiger charge is 2.17. The maximum Gasteiger partial charge on any atom is 0.269 e. The molecular formula is C12H15NO4. The molecule has 0 aliphatic carbocycles. The van der Waals surface area contributed by atoms with Gasteiger partial charge in [0.2, 0.25) is 0 Å². The van der Waals surface area contributed by atoms with E-state index in [1.165, 1.54) is 24.3 Å². The number of rotatable bonds is 6. The fraction of sp³-hybridized carbons (Fsp3) is 0.417. The van der Waals surface area contributed by atoms with Gasteiger partial charge in [-0.25, -0.2) is 0 Å². The van der Waals surface area contributed by atoms with Gasteiger partial charge >= 0.3 is 0 Å². The second kappa shape index (κ2) is 6.10. The monoisotopic (exact) mass is 237 g/mol. The van der Waals surface area contributed by atoms with E-state index in [0.717, 1.165) is 12.8 Å². The molecule has 0 spiro atoms. The van der Waals surface area contributed by atoms with Crippen LogP contribution in [0, 0.1) is 10.1 Å². The number of ketones is 1. The Morgan fingerprint density at radius 1 is 1.41 bits per heavy atom. The number of non-ortho nitro benzene ring substituents is 1. The number of hydrogen-bond donors (Lipinski definition) is 1. The first-order valence-corrected chi connectivity index (χ1v) is 5.53. The van der Waals surface area contributed by atoms with Crippen LogP contribution in [0.1, 0.15) is 36.5 Å². The molecule has 0 bridgehead atoms. The average molecular weight is 237 g/mol. The van der Waals surface area contributed by atoms with E-state index in [0.29, 0.717) is 12.0 Å². The third-order valence-electron chi connectivity index (χ3n) is 2.50. The number of benzene rings is 1. The summed E-state index contributed by atoms with van der Waals surface area (Å²) < 4.78 is 0. The van der Waals surface area contributed by atoms with E-state index in [-0.39, 0.29) is 11.5 Å². The number of Topliss-reactive ketones (excluding diaryl/α,β-unsaturated/α-hetero) is 1. The molecule has 1 rings (SSSR count). The van der Waals surface area contributed by atoms with Crippen molar-refractivity contribution in [2.75, 3.05) is 0 Å². The first kappa shape index (κ1) is 13.3. The van der Waals surface area contributed by atoms with Crippen LogP contribution in [-0.2, 0) is 0 Å². The third kappa shape index (κ3) is 3.64. The van der Waals surface area contributed by atoms with Crippen LogP contribution in [0.3, 0.4) is 0 Å². The summed E-state index contributed by atoms with van der Waals surface area (Å²) in [6.07, 6.45) is 1.09. The van der Waals surface area contributed by atoms with Crippen LogP contribution >= 0.6 is 0 Å². The SMILES string of the molecule is CCCCC(O)C(=O)c1ccc([N+](=O)[O-])cc1. The van der Waals surface area contributed by atoms with E-state index >= 15 is 0 Å². The molecule has 17 heavy (non-hydrogen) atoms. The maximum atomic E-state index is 11.7. The van der Waals surface area contributed by atoms with Crippen molar-refractivity contribution in [3.63, 3.8) is 0 Å². The highest BCUT2D eigenvalue weighted by Crippen LogP contribution is 2.14. The Morgan fingerprint density at radius 3 is 2.47 bits per heavy atom. The highest BCUT2D eigenvalue weighted by atomic mass is 16.6. The summed E-state index contributed by atoms with van der Waals surface area (Å²) in [5.41, 5.74) is 0.240. The van der Waals surface area contributed by atoms with Crippen LogP contribution in [0.25, 0.3) is 0 Å². The summed E-state index contributed by atoms with van der Waals surface area (Å²) in [6.45, 7) is 1.98. The Bertz CT molecular complexity index is 399. The molecule has 0 aromatic heterocycles. The molecule has 0 saturated heterocycles. The Labute approximate surface area is 99.2 Å². The Hall–Kier alpha value is -1.75. The molecule has 1 aromatic rings. The Morgan fingerprint density at radius 2 is 2.00 bits per heavy atom. The first-order valence-electron chi connectivity index (χ1n) is 5.53. The van der Waals surface area contributed by atoms with E-state index in [4.69, 9.17) is 0 Å². The van der Waals surface area contributed by atoms with Gasteiger partial charge in [-0.3, -0.25) is 14.9 Å². The van der Waals surface area contributed by atoms with Gasteiger partial charge in [0, 0.05) is 17.7 Å². The molecular weight excluding hydrogens is 222 g/mol. The molecule has 0 heterocycles. The molecule has 5 nitrogen and oxygen atoms in total. The van der Waals surface area contributed by atoms with Gasteiger partial charge in [-0.15, -0.1) is 0 Å². The summed E-state index contributed by atoms with van der Waals surface area (Å²) >= 11 is 0. The van der Waals surface area contributed by atoms with E-state index in [1.807, 2.05) is 6.92 Å². The predicted molar refractivity (Wildman–Crippen MR) is 63.0 cm³/mol. The van der Waals surface area contributed by atoms with Gasteiger partial charge in [0.05, 0.1) is 4.92 Å². The molecule has 0 amide bonds. The van der Waals surface area contributed by atoms with Crippen LogP contribution < -0.4 is 0 Å². The lowest BCUT2D eigenvalue weighted by Crippen LogP contribution is -2.20. The normalized spacial score (nSPS) is 12.1. The Kier molecular flexibility index (Phi) is 4.78. The van der Waals surface area contributed by atoms with Crippen molar-refractivity contribution < 1.29 is 14.8 Å². The zero-order valence-corrected chi connectivity index (χ0v) is 9.63. The minimum atomic E-state index is -1.02. The lowest BCUT2D eigenvalue weighted by atomic mass is 10.0. The van der Waals surface area contributed by atoms with Crippen molar-refractivity contribution in [1.82, 2.24) is 0 Å². The smallest absolute Gasteiger partial charge is 0.269 e. The number of carbonyl (C=O) groups excluding carboxylic acids is 1. The van der Waals surface area contributed by atoms with Gasteiger partial charge in [0.1, 0.15) is 6.10 Å². The summed E-state index contributed by atoms with van der Waals surface area (Å²) in [5, 5.41) is 20.0. The number of nitro groups is 1. The second-order valence-electron chi connectivity index (χ2n) is 3.83. The molecule has 0 saturated carbocycles. The fourth-order valence-electron chi connectivity index (χ4n) is 1.47. The van der Waals surface area contributed by atoms with Crippen molar-refractivity contribution >= 4 is 11.5 Å². The summed E-state index contributed by atoms with van der Waals surface area (Å²) in [5.74, 6) is -0.381. The van der Waals surface area contributed by atoms with Crippen molar-refractivity contribution in [3.05, 3.63) is 39.9 Å². The lowest BCUT2D eigenvalue weighted by Gasteiger charge is -2.08. The molecule has 1 aromatic carbocycles. The number of aliphatic hydroxyl groups excluding tert-OH is 1. The fourth-order valence-corrected chi connectivity index (χ4v) is 1.47. The quantitative estimate of drug-likeness (QED) is 0.467. The van der Waals surface area contributed by atoms with Crippen molar-refractivity contribution in [2.45, 2.75) is 32.3 Å². The minimum Gasteiger partial charge on any atom is -0.385 e. The number of hydrogen-bond acceptors (Lipinski definition) is 4. The van der Waals surface area contributed by atoms with E-state index < -0.39 is 11.0 Å². The molecule has 92 valence electrons. The largest absolute Gasteiger partial charge is 0.385 e. The van der Waals surface area contributed by atoms with Crippen LogP contribution in [0.15, 0.2) is 24.3 Å². The van der Waals surface area contributed by atoms with E-state index in [1.54, 1.807) is 0 Å². The highest BCUT2D eigenvalue weighted by molar-refractivity contribution is 5.99. The maximum absolute atomic E-state index is 11.7. The van der Waals surface area contributed by atoms with Gasteiger partial charge in [-0.1, -0.05) is 19.8 Å². The molecule has 5 heteroatoms. The summed E-state index contributed by atoms with van der Waals surface area (Å²) in [4.78, 5) is 21.6. The van der Waals surface area contributed by atoms with Crippen LogP contribution in [0.5, 0.6) is 0 Å². The number of aliphatic hydroxyl groups is 1. The van der Waals surface area contributed by atoms with Gasteiger partial charge in [0.15, 0.2) is 5.78 Å². The second-order valence-corrected chi connectivity index (χ2v) is 3.83. The predicted octanol–water partition coefficient (Wildman–Crippen LogP) is 2.33. The molecule has 0 fully saturated rings. The average Bonchev–Trinajstić information content (AvgIpc) is 2.35. The van der Waals surface area contributed by atoms with Gasteiger partial charge in [0.25, 0.3) is 5.69 Å². The van der Waals surface area contributed by atoms with Gasteiger partial charge < -0.3 is 5.11 Å². The third-order valence-corrected chi connectivity index (χ3v) is 2.50. The molecule has 0 aliphatic rings. The zero-order chi connectivity index (χ0) is 12.8. The lowest BCUT2D eigenvalue weighted by molar-refractivity contribution is -0.384.